The Bertz CT molecular complexity index is 566. The van der Waals surface area contributed by atoms with Crippen LogP contribution in [0.3, 0.4) is 0 Å². The Morgan fingerprint density at radius 1 is 1.47 bits per heavy atom. The van der Waals surface area contributed by atoms with Crippen molar-refractivity contribution >= 4 is 48.2 Å². The van der Waals surface area contributed by atoms with Crippen LogP contribution in [0.1, 0.15) is 18.9 Å². The van der Waals surface area contributed by atoms with Gasteiger partial charge < -0.3 is 4.90 Å². The number of halogens is 2. The molecule has 1 saturated heterocycles. The van der Waals surface area contributed by atoms with Crippen LogP contribution in [0.15, 0.2) is 17.3 Å². The van der Waals surface area contributed by atoms with Crippen molar-refractivity contribution in [3.05, 3.63) is 12.3 Å². The molecule has 0 unspecified atom stereocenters. The van der Waals surface area contributed by atoms with Gasteiger partial charge >= 0.3 is 0 Å². The van der Waals surface area contributed by atoms with Gasteiger partial charge in [-0.15, -0.1) is 0 Å². The molecule has 1 aromatic heterocycles. The third-order valence-corrected chi connectivity index (χ3v) is 4.98. The largest absolute Gasteiger partial charge is 0.342 e. The van der Waals surface area contributed by atoms with E-state index in [1.807, 2.05) is 4.90 Å². The van der Waals surface area contributed by atoms with Crippen LogP contribution in [-0.2, 0) is 13.8 Å². The molecule has 1 amide bonds. The summed E-state index contributed by atoms with van der Waals surface area (Å²) in [4.78, 5) is 13.4. The number of aromatic nitrogens is 2. The quantitative estimate of drug-likeness (QED) is 0.423. The maximum atomic E-state index is 11.5. The number of carbonyl (C=O) groups is 1. The molecule has 0 aliphatic carbocycles. The third-order valence-electron chi connectivity index (χ3n) is 3.14. The van der Waals surface area contributed by atoms with Crippen LogP contribution in [0.5, 0.6) is 0 Å². The molecule has 6 nitrogen and oxygen atoms in total. The van der Waals surface area contributed by atoms with Gasteiger partial charge in [0.05, 0.1) is 10.5 Å². The molecule has 0 bridgehead atoms. The zero-order chi connectivity index (χ0) is 14.0. The highest BCUT2D eigenvalue weighted by Crippen LogP contribution is 2.23. The van der Waals surface area contributed by atoms with Gasteiger partial charge in [-0.3, -0.25) is 9.48 Å². The maximum Gasteiger partial charge on any atom is 0.280 e. The molecule has 0 spiro atoms. The first-order chi connectivity index (χ1) is 8.91. The molecule has 0 N–H and O–H groups in total. The molecular weight excluding hydrogens is 405 g/mol. The fraction of sp³-hybridized carbons (Fsp3) is 0.600. The van der Waals surface area contributed by atoms with Crippen molar-refractivity contribution in [2.24, 2.45) is 0 Å². The van der Waals surface area contributed by atoms with Gasteiger partial charge in [-0.1, -0.05) is 22.6 Å². The maximum absolute atomic E-state index is 11.5. The summed E-state index contributed by atoms with van der Waals surface area (Å²) in [6.07, 6.45) is 3.16. The second-order valence-corrected chi connectivity index (χ2v) is 7.59. The van der Waals surface area contributed by atoms with Crippen molar-refractivity contribution in [2.45, 2.75) is 23.9 Å². The monoisotopic (exact) mass is 417 g/mol. The van der Waals surface area contributed by atoms with E-state index in [9.17, 15) is 13.2 Å². The van der Waals surface area contributed by atoms with Crippen molar-refractivity contribution in [3.8, 4) is 0 Å². The minimum absolute atomic E-state index is 0.116. The Kier molecular flexibility index (Phi) is 4.72. The smallest absolute Gasteiger partial charge is 0.280 e. The summed E-state index contributed by atoms with van der Waals surface area (Å²) in [6.45, 7) is 1.35. The molecule has 0 aromatic carbocycles. The lowest BCUT2D eigenvalue weighted by atomic mass is 10.1. The number of alkyl halides is 1. The third kappa shape index (κ3) is 3.60. The van der Waals surface area contributed by atoms with E-state index in [1.54, 1.807) is 10.9 Å². The first kappa shape index (κ1) is 15.0. The minimum Gasteiger partial charge on any atom is -0.342 e. The van der Waals surface area contributed by atoms with E-state index in [-0.39, 0.29) is 17.0 Å². The van der Waals surface area contributed by atoms with E-state index in [0.29, 0.717) is 17.5 Å². The average molecular weight is 418 g/mol. The summed E-state index contributed by atoms with van der Waals surface area (Å²) in [7, 11) is 1.46. The Hall–Kier alpha value is -0.350. The van der Waals surface area contributed by atoms with E-state index in [0.717, 1.165) is 12.8 Å². The van der Waals surface area contributed by atoms with E-state index >= 15 is 0 Å². The highest BCUT2D eigenvalue weighted by atomic mass is 127. The van der Waals surface area contributed by atoms with Crippen LogP contribution in [0.2, 0.25) is 0 Å². The molecule has 106 valence electrons. The number of hydrogen-bond donors (Lipinski definition) is 0. The normalized spacial score (nSPS) is 17.7. The molecule has 1 aliphatic rings. The zero-order valence-electron chi connectivity index (χ0n) is 10.00. The minimum atomic E-state index is -3.77. The number of piperidine rings is 1. The lowest BCUT2D eigenvalue weighted by molar-refractivity contribution is -0.129. The second-order valence-electron chi connectivity index (χ2n) is 4.32. The van der Waals surface area contributed by atoms with Crippen molar-refractivity contribution in [2.75, 3.05) is 17.5 Å². The summed E-state index contributed by atoms with van der Waals surface area (Å²) in [5.41, 5.74) is 0. The van der Waals surface area contributed by atoms with Crippen molar-refractivity contribution < 1.29 is 13.2 Å². The van der Waals surface area contributed by atoms with Crippen LogP contribution in [0.25, 0.3) is 0 Å². The van der Waals surface area contributed by atoms with Gasteiger partial charge in [0, 0.05) is 30.0 Å². The average Bonchev–Trinajstić information content (AvgIpc) is 2.87. The molecule has 1 aromatic rings. The fourth-order valence-electron chi connectivity index (χ4n) is 2.12. The van der Waals surface area contributed by atoms with Crippen LogP contribution < -0.4 is 0 Å². The highest BCUT2D eigenvalue weighted by molar-refractivity contribution is 14.1. The second kappa shape index (κ2) is 5.96. The molecule has 1 aliphatic heterocycles. The van der Waals surface area contributed by atoms with Gasteiger partial charge in [-0.25, -0.2) is 8.42 Å². The van der Waals surface area contributed by atoms with Crippen molar-refractivity contribution in [1.82, 2.24) is 14.7 Å². The first-order valence-electron chi connectivity index (χ1n) is 5.75. The molecule has 0 radical (unpaired) electrons. The predicted molar refractivity (Wildman–Crippen MR) is 79.0 cm³/mol. The van der Waals surface area contributed by atoms with Crippen LogP contribution in [0.4, 0.5) is 0 Å². The van der Waals surface area contributed by atoms with Crippen molar-refractivity contribution in [3.63, 3.8) is 0 Å². The summed E-state index contributed by atoms with van der Waals surface area (Å²) in [5, 5.41) is 3.86. The van der Waals surface area contributed by atoms with E-state index < -0.39 is 9.05 Å². The van der Waals surface area contributed by atoms with Crippen LogP contribution >= 0.6 is 33.3 Å². The number of rotatable bonds is 3. The van der Waals surface area contributed by atoms with Crippen LogP contribution in [0, 0.1) is 0 Å². The van der Waals surface area contributed by atoms with Gasteiger partial charge in [0.15, 0.2) is 5.03 Å². The Morgan fingerprint density at radius 2 is 2.11 bits per heavy atom. The highest BCUT2D eigenvalue weighted by Gasteiger charge is 2.24. The first-order valence-corrected chi connectivity index (χ1v) is 9.59. The number of carbonyl (C=O) groups excluding carboxylic acids is 1. The van der Waals surface area contributed by atoms with Gasteiger partial charge in [-0.2, -0.15) is 5.10 Å². The molecule has 2 heterocycles. The lowest BCUT2D eigenvalue weighted by Gasteiger charge is -2.31. The summed E-state index contributed by atoms with van der Waals surface area (Å²) in [6, 6.07) is 1.51. The zero-order valence-corrected chi connectivity index (χ0v) is 13.7. The van der Waals surface area contributed by atoms with Gasteiger partial charge in [0.2, 0.25) is 5.91 Å². The van der Waals surface area contributed by atoms with E-state index in [4.69, 9.17) is 10.7 Å². The number of likely N-dealkylation sites (tertiary alicyclic amines) is 1. The number of hydrogen-bond acceptors (Lipinski definition) is 4. The van der Waals surface area contributed by atoms with Crippen LogP contribution in [-0.4, -0.2) is 46.5 Å². The fourth-order valence-corrected chi connectivity index (χ4v) is 3.26. The molecule has 19 heavy (non-hydrogen) atoms. The van der Waals surface area contributed by atoms with Gasteiger partial charge in [0.1, 0.15) is 0 Å². The van der Waals surface area contributed by atoms with E-state index in [1.165, 1.54) is 6.07 Å². The number of nitrogens with zero attached hydrogens (tertiary/aromatic N) is 3. The Labute approximate surface area is 129 Å². The summed E-state index contributed by atoms with van der Waals surface area (Å²) < 4.78 is 24.4. The Balaban J connectivity index is 2.02. The van der Waals surface area contributed by atoms with Crippen molar-refractivity contribution in [1.29, 1.82) is 0 Å². The predicted octanol–water partition coefficient (Wildman–Crippen LogP) is 1.41. The molecular formula is C10H13ClIN3O3S. The van der Waals surface area contributed by atoms with Gasteiger partial charge in [0.25, 0.3) is 9.05 Å². The molecule has 0 saturated carbocycles. The summed E-state index contributed by atoms with van der Waals surface area (Å²) in [5.74, 6) is 0.142. The summed E-state index contributed by atoms with van der Waals surface area (Å²) >= 11 is 2.05. The molecule has 1 fully saturated rings. The molecule has 0 atom stereocenters. The SMILES string of the molecule is O=C(CI)N1CCC(n2ccc(S(=O)(=O)Cl)n2)CC1. The topological polar surface area (TPSA) is 72.3 Å². The lowest BCUT2D eigenvalue weighted by Crippen LogP contribution is -2.39. The number of amides is 1. The molecule has 2 rings (SSSR count). The Morgan fingerprint density at radius 3 is 2.58 bits per heavy atom. The standard InChI is InChI=1S/C10H13ClIN3O3S/c11-19(17,18)9-3-6-15(13-9)8-1-4-14(5-2-8)10(16)7-12/h3,6,8H,1-2,4-5,7H2. The molecule has 9 heteroatoms. The van der Waals surface area contributed by atoms with Gasteiger partial charge in [-0.05, 0) is 18.9 Å². The van der Waals surface area contributed by atoms with E-state index in [2.05, 4.69) is 27.7 Å².